The molecule has 1 rings (SSSR count). The van der Waals surface area contributed by atoms with Crippen molar-refractivity contribution in [3.05, 3.63) is 25.3 Å². The highest BCUT2D eigenvalue weighted by molar-refractivity contribution is 4.73. The molecule has 0 unspecified atom stereocenters. The Bertz CT molecular complexity index is 136. The van der Waals surface area contributed by atoms with Crippen molar-refractivity contribution in [2.75, 3.05) is 26.2 Å². The van der Waals surface area contributed by atoms with E-state index in [0.717, 1.165) is 13.1 Å². The van der Waals surface area contributed by atoms with Crippen molar-refractivity contribution in [3.8, 4) is 0 Å². The highest BCUT2D eigenvalue weighted by atomic mass is 127. The minimum atomic E-state index is 0. The Labute approximate surface area is 92.8 Å². The van der Waals surface area contributed by atoms with Crippen LogP contribution in [0, 0.1) is 0 Å². The SMILES string of the molecule is C=CC[N+]1(CC=C)CCCC1.[I-]. The Hall–Kier alpha value is 0.170. The third-order valence-corrected chi connectivity index (χ3v) is 2.55. The lowest BCUT2D eigenvalue weighted by molar-refractivity contribution is -0.905. The van der Waals surface area contributed by atoms with E-state index in [9.17, 15) is 0 Å². The molecule has 0 N–H and O–H groups in total. The summed E-state index contributed by atoms with van der Waals surface area (Å²) in [5, 5.41) is 0. The van der Waals surface area contributed by atoms with Gasteiger partial charge in [0.1, 0.15) is 0 Å². The van der Waals surface area contributed by atoms with Crippen LogP contribution in [0.5, 0.6) is 0 Å². The van der Waals surface area contributed by atoms with E-state index in [1.54, 1.807) is 0 Å². The smallest absolute Gasteiger partial charge is 0.0973 e. The lowest BCUT2D eigenvalue weighted by Gasteiger charge is -2.31. The molecule has 1 heterocycles. The summed E-state index contributed by atoms with van der Waals surface area (Å²) in [5.74, 6) is 0. The second kappa shape index (κ2) is 5.75. The average Bonchev–Trinajstić information content (AvgIpc) is 2.39. The maximum Gasteiger partial charge on any atom is 0.0973 e. The van der Waals surface area contributed by atoms with E-state index in [1.165, 1.54) is 30.4 Å². The maximum absolute atomic E-state index is 3.80. The van der Waals surface area contributed by atoms with Gasteiger partial charge >= 0.3 is 0 Å². The van der Waals surface area contributed by atoms with Crippen molar-refractivity contribution in [1.29, 1.82) is 0 Å². The van der Waals surface area contributed by atoms with Crippen molar-refractivity contribution < 1.29 is 28.5 Å². The Kier molecular flexibility index (Phi) is 5.84. The van der Waals surface area contributed by atoms with Crippen molar-refractivity contribution in [2.24, 2.45) is 0 Å². The molecule has 0 saturated carbocycles. The first-order valence-corrected chi connectivity index (χ1v) is 4.40. The first kappa shape index (κ1) is 12.2. The Morgan fingerprint density at radius 3 is 1.75 bits per heavy atom. The van der Waals surface area contributed by atoms with E-state index in [4.69, 9.17) is 0 Å². The molecule has 2 heteroatoms. The van der Waals surface area contributed by atoms with Gasteiger partial charge in [0, 0.05) is 12.8 Å². The molecule has 1 aliphatic heterocycles. The van der Waals surface area contributed by atoms with Gasteiger partial charge in [-0.05, 0) is 12.2 Å². The van der Waals surface area contributed by atoms with Crippen LogP contribution < -0.4 is 24.0 Å². The van der Waals surface area contributed by atoms with Gasteiger partial charge < -0.3 is 28.5 Å². The summed E-state index contributed by atoms with van der Waals surface area (Å²) in [4.78, 5) is 0. The normalized spacial score (nSPS) is 19.7. The number of halogens is 1. The van der Waals surface area contributed by atoms with Crippen LogP contribution in [0.3, 0.4) is 0 Å². The molecule has 1 saturated heterocycles. The second-order valence-electron chi connectivity index (χ2n) is 3.44. The van der Waals surface area contributed by atoms with Gasteiger partial charge in [-0.2, -0.15) is 0 Å². The van der Waals surface area contributed by atoms with Crippen molar-refractivity contribution in [2.45, 2.75) is 12.8 Å². The van der Waals surface area contributed by atoms with Gasteiger partial charge in [0.15, 0.2) is 0 Å². The zero-order valence-corrected chi connectivity index (χ0v) is 9.79. The van der Waals surface area contributed by atoms with Gasteiger partial charge in [0.25, 0.3) is 0 Å². The van der Waals surface area contributed by atoms with Gasteiger partial charge in [-0.1, -0.05) is 13.2 Å². The molecule has 1 fully saturated rings. The molecule has 0 radical (unpaired) electrons. The van der Waals surface area contributed by atoms with Gasteiger partial charge in [0.2, 0.25) is 0 Å². The van der Waals surface area contributed by atoms with Crippen LogP contribution in [0.25, 0.3) is 0 Å². The number of nitrogens with zero attached hydrogens (tertiary/aromatic N) is 1. The second-order valence-corrected chi connectivity index (χ2v) is 3.44. The van der Waals surface area contributed by atoms with Crippen LogP contribution in [0.4, 0.5) is 0 Å². The molecule has 0 amide bonds. The number of quaternary nitrogens is 1. The fourth-order valence-corrected chi connectivity index (χ4v) is 1.99. The Balaban J connectivity index is 0.00000121. The van der Waals surface area contributed by atoms with E-state index >= 15 is 0 Å². The summed E-state index contributed by atoms with van der Waals surface area (Å²) in [6.07, 6.45) is 6.83. The number of hydrogen-bond acceptors (Lipinski definition) is 0. The standard InChI is InChI=1S/C10H18N.HI/c1-3-7-11(8-4-2)9-5-6-10-11;/h3-4H,1-2,5-10H2;1H/q+1;/p-1. The summed E-state index contributed by atoms with van der Waals surface area (Å²) >= 11 is 0. The van der Waals surface area contributed by atoms with Crippen molar-refractivity contribution >= 4 is 0 Å². The molecule has 0 spiro atoms. The van der Waals surface area contributed by atoms with Crippen LogP contribution in [0.15, 0.2) is 25.3 Å². The fraction of sp³-hybridized carbons (Fsp3) is 0.600. The van der Waals surface area contributed by atoms with Gasteiger partial charge in [0.05, 0.1) is 26.2 Å². The molecule has 0 bridgehead atoms. The van der Waals surface area contributed by atoms with Crippen LogP contribution in [0.1, 0.15) is 12.8 Å². The van der Waals surface area contributed by atoms with Gasteiger partial charge in [-0.25, -0.2) is 0 Å². The average molecular weight is 279 g/mol. The van der Waals surface area contributed by atoms with Crippen molar-refractivity contribution in [3.63, 3.8) is 0 Å². The molecule has 0 aromatic heterocycles. The fourth-order valence-electron chi connectivity index (χ4n) is 1.99. The molecule has 0 aliphatic carbocycles. The van der Waals surface area contributed by atoms with E-state index in [1.807, 2.05) is 12.2 Å². The van der Waals surface area contributed by atoms with Crippen LogP contribution >= 0.6 is 0 Å². The number of rotatable bonds is 4. The van der Waals surface area contributed by atoms with Crippen LogP contribution in [-0.4, -0.2) is 30.7 Å². The summed E-state index contributed by atoms with van der Waals surface area (Å²) in [6.45, 7) is 12.5. The molecule has 0 aromatic carbocycles. The summed E-state index contributed by atoms with van der Waals surface area (Å²) in [7, 11) is 0. The van der Waals surface area contributed by atoms with Crippen molar-refractivity contribution in [1.82, 2.24) is 0 Å². The van der Waals surface area contributed by atoms with E-state index < -0.39 is 0 Å². The third-order valence-electron chi connectivity index (χ3n) is 2.55. The lowest BCUT2D eigenvalue weighted by Crippen LogP contribution is -3.00. The Morgan fingerprint density at radius 2 is 1.42 bits per heavy atom. The molecule has 70 valence electrons. The Morgan fingerprint density at radius 1 is 1.00 bits per heavy atom. The van der Waals surface area contributed by atoms with E-state index in [2.05, 4.69) is 13.2 Å². The topological polar surface area (TPSA) is 0 Å². The highest BCUT2D eigenvalue weighted by Gasteiger charge is 2.28. The van der Waals surface area contributed by atoms with E-state index in [-0.39, 0.29) is 24.0 Å². The first-order valence-electron chi connectivity index (χ1n) is 4.40. The minimum absolute atomic E-state index is 0. The lowest BCUT2D eigenvalue weighted by atomic mass is 10.3. The first-order chi connectivity index (χ1) is 5.33. The van der Waals surface area contributed by atoms with Gasteiger partial charge in [-0.15, -0.1) is 0 Å². The minimum Gasteiger partial charge on any atom is -1.00 e. The van der Waals surface area contributed by atoms with Crippen LogP contribution in [-0.2, 0) is 0 Å². The van der Waals surface area contributed by atoms with Crippen LogP contribution in [0.2, 0.25) is 0 Å². The molecule has 1 aliphatic rings. The highest BCUT2D eigenvalue weighted by Crippen LogP contribution is 2.18. The summed E-state index contributed by atoms with van der Waals surface area (Å²) in [6, 6.07) is 0. The largest absolute Gasteiger partial charge is 1.00 e. The van der Waals surface area contributed by atoms with Gasteiger partial charge in [-0.3, -0.25) is 0 Å². The molecular weight excluding hydrogens is 261 g/mol. The molecule has 0 atom stereocenters. The number of hydrogen-bond donors (Lipinski definition) is 0. The summed E-state index contributed by atoms with van der Waals surface area (Å²) in [5.41, 5.74) is 0. The summed E-state index contributed by atoms with van der Waals surface area (Å²) < 4.78 is 1.20. The molecule has 1 nitrogen and oxygen atoms in total. The predicted octanol–water partition coefficient (Wildman–Crippen LogP) is -1.03. The maximum atomic E-state index is 3.80. The zero-order chi connectivity index (χ0) is 8.16. The monoisotopic (exact) mass is 279 g/mol. The molecule has 0 aromatic rings. The molecule has 12 heavy (non-hydrogen) atoms. The molecular formula is C10H18IN. The quantitative estimate of drug-likeness (QED) is 0.351. The third kappa shape index (κ3) is 2.90. The predicted molar refractivity (Wildman–Crippen MR) is 49.4 cm³/mol. The van der Waals surface area contributed by atoms with E-state index in [0.29, 0.717) is 0 Å². The number of likely N-dealkylation sites (tertiary alicyclic amines) is 1. The zero-order valence-electron chi connectivity index (χ0n) is 7.64.